The van der Waals surface area contributed by atoms with E-state index in [1.165, 1.54) is 0 Å². The predicted octanol–water partition coefficient (Wildman–Crippen LogP) is 0.722. The molecule has 1 aliphatic heterocycles. The summed E-state index contributed by atoms with van der Waals surface area (Å²) in [5.41, 5.74) is 8.25. The number of benzene rings is 1. The molecule has 1 amide bonds. The van der Waals surface area contributed by atoms with Gasteiger partial charge in [-0.3, -0.25) is 4.79 Å². The lowest BCUT2D eigenvalue weighted by Crippen LogP contribution is -2.45. The Kier molecular flexibility index (Phi) is 3.95. The Morgan fingerprint density at radius 3 is 2.42 bits per heavy atom. The molecule has 2 N–H and O–H groups in total. The average molecular weight is 262 g/mol. The van der Waals surface area contributed by atoms with Crippen LogP contribution in [-0.2, 0) is 0 Å². The second-order valence-corrected chi connectivity index (χ2v) is 5.27. The smallest absolute Gasteiger partial charge is 0.255 e. The number of anilines is 2. The Hall–Kier alpha value is -1.75. The highest BCUT2D eigenvalue weighted by atomic mass is 16.2. The van der Waals surface area contributed by atoms with E-state index in [0.29, 0.717) is 5.69 Å². The van der Waals surface area contributed by atoms with E-state index in [-0.39, 0.29) is 5.91 Å². The largest absolute Gasteiger partial charge is 0.399 e. The highest BCUT2D eigenvalue weighted by Crippen LogP contribution is 2.25. The normalized spacial score (nSPS) is 16.5. The molecule has 0 aromatic heterocycles. The number of nitrogen functional groups attached to an aromatic ring is 1. The van der Waals surface area contributed by atoms with Crippen molar-refractivity contribution in [1.82, 2.24) is 9.80 Å². The summed E-state index contributed by atoms with van der Waals surface area (Å²) >= 11 is 0. The van der Waals surface area contributed by atoms with Gasteiger partial charge in [-0.2, -0.15) is 0 Å². The molecule has 0 saturated carbocycles. The summed E-state index contributed by atoms with van der Waals surface area (Å²) < 4.78 is 0. The van der Waals surface area contributed by atoms with Crippen LogP contribution in [0.3, 0.4) is 0 Å². The molecule has 104 valence electrons. The molecular weight excluding hydrogens is 240 g/mol. The molecule has 1 fully saturated rings. The maximum Gasteiger partial charge on any atom is 0.255 e. The van der Waals surface area contributed by atoms with Crippen LogP contribution in [-0.4, -0.2) is 63.0 Å². The van der Waals surface area contributed by atoms with E-state index in [1.54, 1.807) is 25.1 Å². The van der Waals surface area contributed by atoms with Crippen molar-refractivity contribution in [3.63, 3.8) is 0 Å². The number of likely N-dealkylation sites (N-methyl/N-ethyl adjacent to an activating group) is 1. The summed E-state index contributed by atoms with van der Waals surface area (Å²) in [4.78, 5) is 18.4. The summed E-state index contributed by atoms with van der Waals surface area (Å²) in [6.45, 7) is 3.86. The van der Waals surface area contributed by atoms with Gasteiger partial charge in [-0.25, -0.2) is 0 Å². The Bertz CT molecular complexity index is 465. The van der Waals surface area contributed by atoms with Gasteiger partial charge >= 0.3 is 0 Å². The van der Waals surface area contributed by atoms with Crippen LogP contribution in [0.25, 0.3) is 0 Å². The minimum atomic E-state index is 0.0222. The SMILES string of the molecule is CN1CCN(c2cc(N)ccc2C(=O)N(C)C)CC1. The first-order valence-electron chi connectivity index (χ1n) is 6.53. The lowest BCUT2D eigenvalue weighted by atomic mass is 10.1. The van der Waals surface area contributed by atoms with Gasteiger partial charge in [-0.1, -0.05) is 0 Å². The van der Waals surface area contributed by atoms with E-state index >= 15 is 0 Å². The van der Waals surface area contributed by atoms with Gasteiger partial charge in [0.1, 0.15) is 0 Å². The maximum absolute atomic E-state index is 12.2. The molecule has 0 atom stereocenters. The van der Waals surface area contributed by atoms with Gasteiger partial charge < -0.3 is 20.4 Å². The Labute approximate surface area is 114 Å². The average Bonchev–Trinajstić information content (AvgIpc) is 2.38. The molecule has 1 aromatic carbocycles. The zero-order valence-electron chi connectivity index (χ0n) is 11.9. The van der Waals surface area contributed by atoms with Crippen LogP contribution in [0.2, 0.25) is 0 Å². The van der Waals surface area contributed by atoms with Gasteiger partial charge in [0.2, 0.25) is 0 Å². The fraction of sp³-hybridized carbons (Fsp3) is 0.500. The summed E-state index contributed by atoms with van der Waals surface area (Å²) in [6, 6.07) is 5.52. The van der Waals surface area contributed by atoms with Crippen LogP contribution in [0.15, 0.2) is 18.2 Å². The number of carbonyl (C=O) groups is 1. The number of nitrogens with two attached hydrogens (primary N) is 1. The number of hydrogen-bond donors (Lipinski definition) is 1. The molecule has 19 heavy (non-hydrogen) atoms. The minimum absolute atomic E-state index is 0.0222. The summed E-state index contributed by atoms with van der Waals surface area (Å²) in [6.07, 6.45) is 0. The molecule has 1 aliphatic rings. The molecule has 1 aromatic rings. The monoisotopic (exact) mass is 262 g/mol. The van der Waals surface area contributed by atoms with Crippen molar-refractivity contribution in [2.45, 2.75) is 0 Å². The van der Waals surface area contributed by atoms with E-state index in [0.717, 1.165) is 37.4 Å². The van der Waals surface area contributed by atoms with Crippen molar-refractivity contribution in [2.75, 3.05) is 58.0 Å². The highest BCUT2D eigenvalue weighted by molar-refractivity contribution is 6.00. The molecule has 0 spiro atoms. The van der Waals surface area contributed by atoms with Crippen molar-refractivity contribution in [2.24, 2.45) is 0 Å². The number of carbonyl (C=O) groups excluding carboxylic acids is 1. The van der Waals surface area contributed by atoms with Gasteiger partial charge in [0, 0.05) is 46.0 Å². The fourth-order valence-electron chi connectivity index (χ4n) is 2.28. The van der Waals surface area contributed by atoms with E-state index in [2.05, 4.69) is 16.8 Å². The molecule has 1 heterocycles. The zero-order chi connectivity index (χ0) is 14.0. The second-order valence-electron chi connectivity index (χ2n) is 5.27. The summed E-state index contributed by atoms with van der Waals surface area (Å²) in [5, 5.41) is 0. The van der Waals surface area contributed by atoms with E-state index in [1.807, 2.05) is 12.1 Å². The third kappa shape index (κ3) is 2.98. The number of piperazine rings is 1. The first-order chi connectivity index (χ1) is 8.99. The van der Waals surface area contributed by atoms with Crippen LogP contribution in [0.4, 0.5) is 11.4 Å². The van der Waals surface area contributed by atoms with Crippen LogP contribution < -0.4 is 10.6 Å². The zero-order valence-corrected chi connectivity index (χ0v) is 11.9. The third-order valence-corrected chi connectivity index (χ3v) is 3.50. The second kappa shape index (κ2) is 5.48. The van der Waals surface area contributed by atoms with E-state index < -0.39 is 0 Å². The highest BCUT2D eigenvalue weighted by Gasteiger charge is 2.21. The van der Waals surface area contributed by atoms with E-state index in [4.69, 9.17) is 5.73 Å². The lowest BCUT2D eigenvalue weighted by Gasteiger charge is -2.35. The van der Waals surface area contributed by atoms with Gasteiger partial charge in [-0.05, 0) is 25.2 Å². The Morgan fingerprint density at radius 2 is 1.84 bits per heavy atom. The van der Waals surface area contributed by atoms with E-state index in [9.17, 15) is 4.79 Å². The van der Waals surface area contributed by atoms with Gasteiger partial charge in [0.25, 0.3) is 5.91 Å². The van der Waals surface area contributed by atoms with Crippen molar-refractivity contribution in [1.29, 1.82) is 0 Å². The molecule has 0 unspecified atom stereocenters. The molecule has 0 bridgehead atoms. The van der Waals surface area contributed by atoms with Gasteiger partial charge in [0.15, 0.2) is 0 Å². The van der Waals surface area contributed by atoms with Crippen LogP contribution in [0, 0.1) is 0 Å². The van der Waals surface area contributed by atoms with Crippen molar-refractivity contribution in [3.8, 4) is 0 Å². The Balaban J connectivity index is 2.32. The van der Waals surface area contributed by atoms with Gasteiger partial charge in [0.05, 0.1) is 11.3 Å². The van der Waals surface area contributed by atoms with Crippen molar-refractivity contribution < 1.29 is 4.79 Å². The Morgan fingerprint density at radius 1 is 1.21 bits per heavy atom. The third-order valence-electron chi connectivity index (χ3n) is 3.50. The molecule has 0 radical (unpaired) electrons. The molecule has 1 saturated heterocycles. The topological polar surface area (TPSA) is 52.8 Å². The lowest BCUT2D eigenvalue weighted by molar-refractivity contribution is 0.0828. The summed E-state index contributed by atoms with van der Waals surface area (Å²) in [5.74, 6) is 0.0222. The van der Waals surface area contributed by atoms with Gasteiger partial charge in [-0.15, -0.1) is 0 Å². The van der Waals surface area contributed by atoms with Crippen LogP contribution in [0.5, 0.6) is 0 Å². The predicted molar refractivity (Wildman–Crippen MR) is 78.6 cm³/mol. The first-order valence-corrected chi connectivity index (χ1v) is 6.53. The molecule has 5 heteroatoms. The maximum atomic E-state index is 12.2. The number of hydrogen-bond acceptors (Lipinski definition) is 4. The molecular formula is C14H22N4O. The van der Waals surface area contributed by atoms with Crippen LogP contribution in [0.1, 0.15) is 10.4 Å². The molecule has 0 aliphatic carbocycles. The fourth-order valence-corrected chi connectivity index (χ4v) is 2.28. The molecule has 2 rings (SSSR count). The standard InChI is InChI=1S/C14H22N4O/c1-16(2)14(19)12-5-4-11(15)10-13(12)18-8-6-17(3)7-9-18/h4-5,10H,6-9,15H2,1-3H3. The van der Waals surface area contributed by atoms with Crippen molar-refractivity contribution in [3.05, 3.63) is 23.8 Å². The number of amides is 1. The molecule has 5 nitrogen and oxygen atoms in total. The summed E-state index contributed by atoms with van der Waals surface area (Å²) in [7, 11) is 5.65. The van der Waals surface area contributed by atoms with Crippen LogP contribution >= 0.6 is 0 Å². The number of nitrogens with zero attached hydrogens (tertiary/aromatic N) is 3. The van der Waals surface area contributed by atoms with Crippen molar-refractivity contribution >= 4 is 17.3 Å². The minimum Gasteiger partial charge on any atom is -0.399 e. The quantitative estimate of drug-likeness (QED) is 0.798. The number of rotatable bonds is 2. The first kappa shape index (κ1) is 13.7.